The minimum absolute atomic E-state index is 0.193. The van der Waals surface area contributed by atoms with E-state index in [1.807, 2.05) is 13.8 Å². The van der Waals surface area contributed by atoms with Gasteiger partial charge in [0.1, 0.15) is 0 Å². The highest BCUT2D eigenvalue weighted by Crippen LogP contribution is 2.25. The molecule has 3 N–H and O–H groups in total. The highest BCUT2D eigenvalue weighted by atomic mass is 35.5. The summed E-state index contributed by atoms with van der Waals surface area (Å²) in [6.45, 7) is 4.05. The van der Waals surface area contributed by atoms with Crippen LogP contribution in [-0.4, -0.2) is 14.8 Å². The van der Waals surface area contributed by atoms with Crippen LogP contribution in [0, 0.1) is 5.92 Å². The van der Waals surface area contributed by atoms with Gasteiger partial charge in [-0.3, -0.25) is 0 Å². The van der Waals surface area contributed by atoms with Crippen LogP contribution < -0.4 is 11.4 Å². The van der Waals surface area contributed by atoms with Crippen LogP contribution in [0.2, 0.25) is 10.0 Å². The Bertz CT molecular complexity index is 644. The Morgan fingerprint density at radius 3 is 2.50 bits per heavy atom. The summed E-state index contributed by atoms with van der Waals surface area (Å²) in [6.07, 6.45) is 0.887. The molecule has 20 heavy (non-hydrogen) atoms. The molecule has 0 amide bonds. The Kier molecular flexibility index (Phi) is 4.52. The minimum Gasteiger partial charge on any atom is -0.321 e. The van der Waals surface area contributed by atoms with Gasteiger partial charge in [-0.05, 0) is 24.1 Å². The topological polar surface area (TPSA) is 76.7 Å². The van der Waals surface area contributed by atoms with E-state index in [0.29, 0.717) is 21.6 Å². The minimum atomic E-state index is -0.364. The van der Waals surface area contributed by atoms with E-state index in [-0.39, 0.29) is 17.6 Å². The molecular weight excluding hydrogens is 299 g/mol. The summed E-state index contributed by atoms with van der Waals surface area (Å²) in [5.41, 5.74) is 6.36. The molecule has 0 spiro atoms. The number of hydrogen-bond donors (Lipinski definition) is 2. The van der Waals surface area contributed by atoms with Crippen LogP contribution in [0.5, 0.6) is 0 Å². The molecule has 5 nitrogen and oxygen atoms in total. The van der Waals surface area contributed by atoms with Crippen LogP contribution in [0.3, 0.4) is 0 Å². The first-order valence-electron chi connectivity index (χ1n) is 6.33. The summed E-state index contributed by atoms with van der Waals surface area (Å²) in [6, 6.07) is 4.55. The summed E-state index contributed by atoms with van der Waals surface area (Å²) in [5.74, 6) is 0.668. The number of nitrogens with zero attached hydrogens (tertiary/aromatic N) is 2. The van der Waals surface area contributed by atoms with Gasteiger partial charge >= 0.3 is 5.69 Å². The first-order chi connectivity index (χ1) is 9.43. The van der Waals surface area contributed by atoms with Gasteiger partial charge < -0.3 is 5.73 Å². The van der Waals surface area contributed by atoms with E-state index in [9.17, 15) is 4.79 Å². The molecule has 2 aromatic rings. The van der Waals surface area contributed by atoms with Gasteiger partial charge in [0, 0.05) is 10.0 Å². The van der Waals surface area contributed by atoms with E-state index in [1.54, 1.807) is 18.2 Å². The van der Waals surface area contributed by atoms with E-state index >= 15 is 0 Å². The molecule has 2 atom stereocenters. The summed E-state index contributed by atoms with van der Waals surface area (Å²) < 4.78 is 1.41. The van der Waals surface area contributed by atoms with Crippen molar-refractivity contribution in [3.8, 4) is 5.69 Å². The number of nitrogens with one attached hydrogen (secondary N) is 1. The lowest BCUT2D eigenvalue weighted by Gasteiger charge is -2.18. The molecule has 0 unspecified atom stereocenters. The lowest BCUT2D eigenvalue weighted by molar-refractivity contribution is 0.433. The molecule has 0 fully saturated rings. The van der Waals surface area contributed by atoms with Gasteiger partial charge in [0.15, 0.2) is 5.82 Å². The highest BCUT2D eigenvalue weighted by molar-refractivity contribution is 6.34. The Hall–Kier alpha value is -1.30. The molecular formula is C13H16Cl2N4O. The number of aromatic amines is 1. The third-order valence-electron chi connectivity index (χ3n) is 3.36. The van der Waals surface area contributed by atoms with Crippen molar-refractivity contribution < 1.29 is 0 Å². The zero-order chi connectivity index (χ0) is 14.9. The monoisotopic (exact) mass is 314 g/mol. The van der Waals surface area contributed by atoms with Crippen molar-refractivity contribution >= 4 is 23.2 Å². The lowest BCUT2D eigenvalue weighted by atomic mass is 9.99. The van der Waals surface area contributed by atoms with Gasteiger partial charge in [-0.2, -0.15) is 5.10 Å². The van der Waals surface area contributed by atoms with Crippen LogP contribution in [0.1, 0.15) is 32.1 Å². The number of rotatable bonds is 4. The molecule has 0 saturated heterocycles. The number of halogens is 2. The van der Waals surface area contributed by atoms with Gasteiger partial charge in [0.05, 0.1) is 11.7 Å². The summed E-state index contributed by atoms with van der Waals surface area (Å²) in [4.78, 5) is 12.0. The second-order valence-corrected chi connectivity index (χ2v) is 5.63. The molecule has 0 saturated carbocycles. The maximum absolute atomic E-state index is 12.0. The van der Waals surface area contributed by atoms with E-state index in [1.165, 1.54) is 4.57 Å². The van der Waals surface area contributed by atoms with E-state index in [4.69, 9.17) is 28.9 Å². The Morgan fingerprint density at radius 2 is 1.95 bits per heavy atom. The molecule has 7 heteroatoms. The fourth-order valence-corrected chi connectivity index (χ4v) is 2.47. The third-order valence-corrected chi connectivity index (χ3v) is 3.80. The second-order valence-electron chi connectivity index (χ2n) is 4.76. The summed E-state index contributed by atoms with van der Waals surface area (Å²) >= 11 is 12.0. The zero-order valence-corrected chi connectivity index (χ0v) is 12.7. The van der Waals surface area contributed by atoms with E-state index in [0.717, 1.165) is 6.42 Å². The van der Waals surface area contributed by atoms with Crippen molar-refractivity contribution in [1.29, 1.82) is 0 Å². The predicted octanol–water partition coefficient (Wildman–Crippen LogP) is 2.91. The maximum atomic E-state index is 12.0. The fraction of sp³-hybridized carbons (Fsp3) is 0.385. The van der Waals surface area contributed by atoms with Crippen molar-refractivity contribution in [2.45, 2.75) is 26.3 Å². The van der Waals surface area contributed by atoms with Crippen molar-refractivity contribution in [3.63, 3.8) is 0 Å². The van der Waals surface area contributed by atoms with Crippen molar-refractivity contribution in [2.24, 2.45) is 11.7 Å². The Balaban J connectivity index is 2.57. The van der Waals surface area contributed by atoms with Gasteiger partial charge in [0.2, 0.25) is 0 Å². The third kappa shape index (κ3) is 2.90. The van der Waals surface area contributed by atoms with Crippen LogP contribution >= 0.6 is 23.2 Å². The van der Waals surface area contributed by atoms with Gasteiger partial charge in [-0.25, -0.2) is 14.5 Å². The molecule has 1 heterocycles. The highest BCUT2D eigenvalue weighted by Gasteiger charge is 2.21. The van der Waals surface area contributed by atoms with Crippen molar-refractivity contribution in [3.05, 3.63) is 44.6 Å². The van der Waals surface area contributed by atoms with Crippen LogP contribution in [0.15, 0.2) is 23.0 Å². The number of aromatic nitrogens is 3. The molecule has 0 aliphatic carbocycles. The van der Waals surface area contributed by atoms with Crippen LogP contribution in [0.4, 0.5) is 0 Å². The van der Waals surface area contributed by atoms with Crippen LogP contribution in [0.25, 0.3) is 5.69 Å². The second kappa shape index (κ2) is 5.99. The first-order valence-corrected chi connectivity index (χ1v) is 7.09. The normalized spacial score (nSPS) is 14.2. The van der Waals surface area contributed by atoms with E-state index < -0.39 is 0 Å². The smallest absolute Gasteiger partial charge is 0.321 e. The molecule has 1 aromatic heterocycles. The quantitative estimate of drug-likeness (QED) is 0.911. The molecule has 2 rings (SSSR count). The Labute approximate surface area is 126 Å². The molecule has 108 valence electrons. The summed E-state index contributed by atoms with van der Waals surface area (Å²) in [5, 5.41) is 7.36. The predicted molar refractivity (Wildman–Crippen MR) is 80.6 cm³/mol. The average Bonchev–Trinajstić information content (AvgIpc) is 2.77. The van der Waals surface area contributed by atoms with Crippen molar-refractivity contribution in [1.82, 2.24) is 14.8 Å². The summed E-state index contributed by atoms with van der Waals surface area (Å²) in [7, 11) is 0. The number of nitrogens with two attached hydrogens (primary N) is 1. The molecule has 0 radical (unpaired) electrons. The van der Waals surface area contributed by atoms with E-state index in [2.05, 4.69) is 10.2 Å². The van der Waals surface area contributed by atoms with Crippen LogP contribution in [-0.2, 0) is 0 Å². The van der Waals surface area contributed by atoms with Gasteiger partial charge in [-0.15, -0.1) is 0 Å². The molecule has 0 aliphatic heterocycles. The Morgan fingerprint density at radius 1 is 1.35 bits per heavy atom. The van der Waals surface area contributed by atoms with Gasteiger partial charge in [-0.1, -0.05) is 43.5 Å². The fourth-order valence-electron chi connectivity index (χ4n) is 1.96. The zero-order valence-electron chi connectivity index (χ0n) is 11.2. The largest absolute Gasteiger partial charge is 0.347 e. The molecule has 1 aromatic carbocycles. The SMILES string of the molecule is CC[C@H](C)[C@H](N)c1n[nH]c(=O)n1-c1cc(Cl)cc(Cl)c1. The standard InChI is InChI=1S/C13H16Cl2N4O/c1-3-7(2)11(16)12-17-18-13(20)19(12)10-5-8(14)4-9(15)6-10/h4-7,11H,3,16H2,1-2H3,(H,18,20)/t7-,11-/m0/s1. The first kappa shape index (κ1) is 15.1. The lowest BCUT2D eigenvalue weighted by Crippen LogP contribution is -2.25. The number of hydrogen-bond acceptors (Lipinski definition) is 3. The average molecular weight is 315 g/mol. The number of benzene rings is 1. The van der Waals surface area contributed by atoms with Crippen molar-refractivity contribution in [2.75, 3.05) is 0 Å². The maximum Gasteiger partial charge on any atom is 0.347 e. The number of H-pyrrole nitrogens is 1. The molecule has 0 aliphatic rings. The molecule has 0 bridgehead atoms. The van der Waals surface area contributed by atoms with Gasteiger partial charge in [0.25, 0.3) is 0 Å².